The second-order valence-corrected chi connectivity index (χ2v) is 5.65. The topological polar surface area (TPSA) is 89.3 Å². The van der Waals surface area contributed by atoms with Crippen molar-refractivity contribution in [3.05, 3.63) is 29.8 Å². The van der Waals surface area contributed by atoms with Gasteiger partial charge in [-0.05, 0) is 25.1 Å². The van der Waals surface area contributed by atoms with Crippen LogP contribution in [-0.2, 0) is 9.84 Å². The van der Waals surface area contributed by atoms with Gasteiger partial charge in [0.2, 0.25) is 0 Å². The van der Waals surface area contributed by atoms with Crippen LogP contribution in [0.5, 0.6) is 0 Å². The van der Waals surface area contributed by atoms with E-state index in [1.54, 1.807) is 12.1 Å². The number of nitrogens with one attached hydrogen (secondary N) is 1. The number of hydrogen-bond acceptors (Lipinski definition) is 4. The van der Waals surface area contributed by atoms with Gasteiger partial charge in [-0.2, -0.15) is 0 Å². The first kappa shape index (κ1) is 13.7. The molecule has 17 heavy (non-hydrogen) atoms. The zero-order valence-electron chi connectivity index (χ0n) is 9.64. The number of amides is 1. The van der Waals surface area contributed by atoms with Gasteiger partial charge < -0.3 is 11.1 Å². The van der Waals surface area contributed by atoms with Crippen molar-refractivity contribution in [2.75, 3.05) is 19.3 Å². The van der Waals surface area contributed by atoms with Crippen LogP contribution in [-0.4, -0.2) is 33.7 Å². The molecule has 0 aliphatic carbocycles. The van der Waals surface area contributed by atoms with Crippen LogP contribution in [0.15, 0.2) is 29.2 Å². The lowest BCUT2D eigenvalue weighted by atomic mass is 10.2. The molecule has 3 N–H and O–H groups in total. The lowest BCUT2D eigenvalue weighted by Gasteiger charge is -2.08. The van der Waals surface area contributed by atoms with Crippen molar-refractivity contribution in [3.63, 3.8) is 0 Å². The van der Waals surface area contributed by atoms with Gasteiger partial charge in [-0.3, -0.25) is 4.79 Å². The highest BCUT2D eigenvalue weighted by molar-refractivity contribution is 7.90. The molecular formula is C11H16N2O3S. The fourth-order valence-electron chi connectivity index (χ4n) is 1.38. The van der Waals surface area contributed by atoms with E-state index in [1.165, 1.54) is 12.1 Å². The van der Waals surface area contributed by atoms with Crippen LogP contribution in [0.3, 0.4) is 0 Å². The Hall–Kier alpha value is -1.40. The second-order valence-electron chi connectivity index (χ2n) is 3.67. The van der Waals surface area contributed by atoms with Gasteiger partial charge in [-0.25, -0.2) is 8.42 Å². The van der Waals surface area contributed by atoms with Crippen LogP contribution in [0.25, 0.3) is 0 Å². The summed E-state index contributed by atoms with van der Waals surface area (Å²) in [5, 5.41) is 2.63. The summed E-state index contributed by atoms with van der Waals surface area (Å²) in [7, 11) is -3.39. The van der Waals surface area contributed by atoms with Gasteiger partial charge in [-0.1, -0.05) is 12.1 Å². The molecule has 0 heterocycles. The number of hydrogen-bond donors (Lipinski definition) is 2. The van der Waals surface area contributed by atoms with E-state index in [0.717, 1.165) is 6.26 Å². The van der Waals surface area contributed by atoms with Crippen LogP contribution in [0.2, 0.25) is 0 Å². The Balaban J connectivity index is 2.94. The summed E-state index contributed by atoms with van der Waals surface area (Å²) < 4.78 is 23.0. The average Bonchev–Trinajstić information content (AvgIpc) is 2.28. The van der Waals surface area contributed by atoms with E-state index >= 15 is 0 Å². The Kier molecular flexibility index (Phi) is 4.65. The zero-order valence-corrected chi connectivity index (χ0v) is 10.5. The lowest BCUT2D eigenvalue weighted by molar-refractivity contribution is 0.0950. The Morgan fingerprint density at radius 2 is 2.00 bits per heavy atom. The highest BCUT2D eigenvalue weighted by Gasteiger charge is 2.17. The summed E-state index contributed by atoms with van der Waals surface area (Å²) in [6.45, 7) is 0.918. The standard InChI is InChI=1S/C11H16N2O3S/c1-17(15,16)10-6-3-2-5-9(10)11(14)13-8-4-7-12/h2-3,5-6H,4,7-8,12H2,1H3,(H,13,14). The molecule has 0 unspecified atom stereocenters. The molecule has 0 aliphatic heterocycles. The predicted octanol–water partition coefficient (Wildman–Crippen LogP) is 0.169. The van der Waals surface area contributed by atoms with Crippen molar-refractivity contribution in [3.8, 4) is 0 Å². The van der Waals surface area contributed by atoms with E-state index in [1.807, 2.05) is 0 Å². The number of carbonyl (C=O) groups excluding carboxylic acids is 1. The number of sulfone groups is 1. The molecule has 0 saturated heterocycles. The molecule has 94 valence electrons. The van der Waals surface area contributed by atoms with E-state index in [4.69, 9.17) is 5.73 Å². The highest BCUT2D eigenvalue weighted by atomic mass is 32.2. The zero-order chi connectivity index (χ0) is 12.9. The molecule has 0 aromatic heterocycles. The molecular weight excluding hydrogens is 240 g/mol. The Morgan fingerprint density at radius 1 is 1.35 bits per heavy atom. The molecule has 1 amide bonds. The van der Waals surface area contributed by atoms with E-state index in [-0.39, 0.29) is 16.4 Å². The summed E-state index contributed by atoms with van der Waals surface area (Å²) in [5.74, 6) is -0.389. The summed E-state index contributed by atoms with van der Waals surface area (Å²) >= 11 is 0. The molecule has 5 nitrogen and oxygen atoms in total. The molecule has 0 spiro atoms. The maximum absolute atomic E-state index is 11.8. The highest BCUT2D eigenvalue weighted by Crippen LogP contribution is 2.14. The van der Waals surface area contributed by atoms with Crippen LogP contribution >= 0.6 is 0 Å². The third-order valence-corrected chi connectivity index (χ3v) is 3.35. The van der Waals surface area contributed by atoms with Crippen LogP contribution in [0.1, 0.15) is 16.8 Å². The summed E-state index contributed by atoms with van der Waals surface area (Å²) in [5.41, 5.74) is 5.48. The van der Waals surface area contributed by atoms with E-state index in [9.17, 15) is 13.2 Å². The fourth-order valence-corrected chi connectivity index (χ4v) is 2.26. The molecule has 1 rings (SSSR count). The van der Waals surface area contributed by atoms with E-state index in [0.29, 0.717) is 19.5 Å². The minimum atomic E-state index is -3.39. The van der Waals surface area contributed by atoms with E-state index in [2.05, 4.69) is 5.32 Å². The van der Waals surface area contributed by atoms with Gasteiger partial charge in [0, 0.05) is 12.8 Å². The van der Waals surface area contributed by atoms with Crippen molar-refractivity contribution in [1.82, 2.24) is 5.32 Å². The molecule has 0 bridgehead atoms. The van der Waals surface area contributed by atoms with Crippen LogP contribution in [0.4, 0.5) is 0 Å². The normalized spacial score (nSPS) is 11.2. The van der Waals surface area contributed by atoms with Crippen molar-refractivity contribution >= 4 is 15.7 Å². The SMILES string of the molecule is CS(=O)(=O)c1ccccc1C(=O)NCCCN. The first-order valence-corrected chi connectivity index (χ1v) is 7.13. The monoisotopic (exact) mass is 256 g/mol. The maximum atomic E-state index is 11.8. The predicted molar refractivity (Wildman–Crippen MR) is 65.6 cm³/mol. The van der Waals surface area contributed by atoms with Crippen LogP contribution < -0.4 is 11.1 Å². The first-order valence-electron chi connectivity index (χ1n) is 5.24. The maximum Gasteiger partial charge on any atom is 0.252 e. The third kappa shape index (κ3) is 3.83. The summed E-state index contributed by atoms with van der Waals surface area (Å²) in [6, 6.07) is 6.14. The number of benzene rings is 1. The molecule has 0 saturated carbocycles. The van der Waals surface area contributed by atoms with Gasteiger partial charge in [0.25, 0.3) is 5.91 Å². The molecule has 0 aliphatic rings. The van der Waals surface area contributed by atoms with Crippen molar-refractivity contribution in [1.29, 1.82) is 0 Å². The minimum absolute atomic E-state index is 0.0465. The van der Waals surface area contributed by atoms with Gasteiger partial charge in [0.15, 0.2) is 9.84 Å². The summed E-state index contributed by atoms with van der Waals surface area (Å²) in [6.07, 6.45) is 1.74. The van der Waals surface area contributed by atoms with Gasteiger partial charge >= 0.3 is 0 Å². The molecule has 6 heteroatoms. The minimum Gasteiger partial charge on any atom is -0.352 e. The van der Waals surface area contributed by atoms with E-state index < -0.39 is 9.84 Å². The Morgan fingerprint density at radius 3 is 2.59 bits per heavy atom. The fraction of sp³-hybridized carbons (Fsp3) is 0.364. The quantitative estimate of drug-likeness (QED) is 0.735. The average molecular weight is 256 g/mol. The molecule has 1 aromatic carbocycles. The van der Waals surface area contributed by atoms with Crippen molar-refractivity contribution in [2.24, 2.45) is 5.73 Å². The molecule has 0 radical (unpaired) electrons. The van der Waals surface area contributed by atoms with Gasteiger partial charge in [0.1, 0.15) is 0 Å². The van der Waals surface area contributed by atoms with Crippen molar-refractivity contribution in [2.45, 2.75) is 11.3 Å². The third-order valence-electron chi connectivity index (χ3n) is 2.20. The van der Waals surface area contributed by atoms with Gasteiger partial charge in [-0.15, -0.1) is 0 Å². The molecule has 0 fully saturated rings. The largest absolute Gasteiger partial charge is 0.352 e. The van der Waals surface area contributed by atoms with Gasteiger partial charge in [0.05, 0.1) is 10.5 Å². The second kappa shape index (κ2) is 5.79. The number of rotatable bonds is 5. The van der Waals surface area contributed by atoms with Crippen molar-refractivity contribution < 1.29 is 13.2 Å². The number of carbonyl (C=O) groups is 1. The molecule has 1 aromatic rings. The Bertz CT molecular complexity index is 497. The number of nitrogens with two attached hydrogens (primary N) is 1. The van der Waals surface area contributed by atoms with Crippen LogP contribution in [0, 0.1) is 0 Å². The first-order chi connectivity index (χ1) is 7.96. The smallest absolute Gasteiger partial charge is 0.252 e. The Labute approximate surface area is 101 Å². The summed E-state index contributed by atoms with van der Waals surface area (Å²) in [4.78, 5) is 11.8. The lowest BCUT2D eigenvalue weighted by Crippen LogP contribution is -2.27. The molecule has 0 atom stereocenters.